The highest BCUT2D eigenvalue weighted by molar-refractivity contribution is 7.90. The van der Waals surface area contributed by atoms with Gasteiger partial charge in [0, 0.05) is 24.9 Å². The second-order valence-electron chi connectivity index (χ2n) is 3.79. The van der Waals surface area contributed by atoms with Crippen LogP contribution >= 0.6 is 11.6 Å². The molecule has 5 nitrogen and oxygen atoms in total. The van der Waals surface area contributed by atoms with E-state index < -0.39 is 10.0 Å². The van der Waals surface area contributed by atoms with Crippen LogP contribution in [0.15, 0.2) is 35.5 Å². The molecule has 0 N–H and O–H groups in total. The number of aryl methyl sites for hydroxylation is 1. The van der Waals surface area contributed by atoms with Gasteiger partial charge in [0.1, 0.15) is 11.6 Å². The fraction of sp³-hybridized carbons (Fsp3) is 0.250. The molecule has 1 heterocycles. The average Bonchev–Trinajstić information content (AvgIpc) is 2.88. The summed E-state index contributed by atoms with van der Waals surface area (Å²) in [7, 11) is -2.24. The van der Waals surface area contributed by atoms with Crippen LogP contribution in [-0.2, 0) is 16.4 Å². The SMILES string of the molecule is CCc1nccn1S(=O)(=O)c1ccc(Cl)c(OC)c1. The van der Waals surface area contributed by atoms with Crippen LogP contribution in [0, 0.1) is 0 Å². The number of aromatic nitrogens is 2. The Morgan fingerprint density at radius 3 is 2.79 bits per heavy atom. The van der Waals surface area contributed by atoms with E-state index in [1.165, 1.54) is 37.7 Å². The second-order valence-corrected chi connectivity index (χ2v) is 6.02. The molecule has 1 aromatic heterocycles. The van der Waals surface area contributed by atoms with E-state index in [0.717, 1.165) is 3.97 Å². The molecule has 0 aliphatic rings. The quantitative estimate of drug-likeness (QED) is 0.869. The molecule has 0 aliphatic heterocycles. The first-order valence-corrected chi connectivity index (χ1v) is 7.44. The molecule has 102 valence electrons. The number of methoxy groups -OCH3 is 1. The summed E-state index contributed by atoms with van der Waals surface area (Å²) in [6, 6.07) is 4.34. The highest BCUT2D eigenvalue weighted by Gasteiger charge is 2.20. The van der Waals surface area contributed by atoms with Gasteiger partial charge in [-0.15, -0.1) is 0 Å². The third-order valence-electron chi connectivity index (χ3n) is 2.68. The summed E-state index contributed by atoms with van der Waals surface area (Å²) in [6.07, 6.45) is 3.41. The highest BCUT2D eigenvalue weighted by atomic mass is 35.5. The van der Waals surface area contributed by atoms with Crippen LogP contribution in [0.3, 0.4) is 0 Å². The summed E-state index contributed by atoms with van der Waals surface area (Å²) in [4.78, 5) is 4.13. The molecule has 0 unspecified atom stereocenters. The lowest BCUT2D eigenvalue weighted by molar-refractivity contribution is 0.413. The number of hydrogen-bond donors (Lipinski definition) is 0. The molecule has 1 aromatic carbocycles. The number of nitrogens with zero attached hydrogens (tertiary/aromatic N) is 2. The van der Waals surface area contributed by atoms with Gasteiger partial charge in [-0.3, -0.25) is 0 Å². The van der Waals surface area contributed by atoms with E-state index >= 15 is 0 Å². The van der Waals surface area contributed by atoms with Crippen LogP contribution in [0.2, 0.25) is 5.02 Å². The maximum absolute atomic E-state index is 12.5. The first-order valence-electron chi connectivity index (χ1n) is 5.62. The van der Waals surface area contributed by atoms with Gasteiger partial charge >= 0.3 is 0 Å². The number of benzene rings is 1. The summed E-state index contributed by atoms with van der Waals surface area (Å²) < 4.78 is 31.2. The number of ether oxygens (including phenoxy) is 1. The van der Waals surface area contributed by atoms with E-state index in [1.807, 2.05) is 6.92 Å². The van der Waals surface area contributed by atoms with Crippen molar-refractivity contribution in [2.24, 2.45) is 0 Å². The zero-order valence-corrected chi connectivity index (χ0v) is 12.1. The number of rotatable bonds is 4. The Bertz CT molecular complexity index is 695. The van der Waals surface area contributed by atoms with Crippen LogP contribution in [-0.4, -0.2) is 24.5 Å². The molecular formula is C12H13ClN2O3S. The lowest BCUT2D eigenvalue weighted by Crippen LogP contribution is -2.15. The molecule has 0 radical (unpaired) electrons. The van der Waals surface area contributed by atoms with Crippen LogP contribution in [0.25, 0.3) is 0 Å². The van der Waals surface area contributed by atoms with Crippen molar-refractivity contribution in [1.29, 1.82) is 0 Å². The summed E-state index contributed by atoms with van der Waals surface area (Å²) in [5, 5.41) is 0.364. The van der Waals surface area contributed by atoms with Crippen molar-refractivity contribution in [3.63, 3.8) is 0 Å². The summed E-state index contributed by atoms with van der Waals surface area (Å²) >= 11 is 5.89. The van der Waals surface area contributed by atoms with Crippen molar-refractivity contribution in [3.8, 4) is 5.75 Å². The normalized spacial score (nSPS) is 11.5. The van der Waals surface area contributed by atoms with Crippen LogP contribution in [0.4, 0.5) is 0 Å². The maximum atomic E-state index is 12.5. The Hall–Kier alpha value is -1.53. The number of imidazole rings is 1. The zero-order chi connectivity index (χ0) is 14.0. The van der Waals surface area contributed by atoms with E-state index in [2.05, 4.69) is 4.98 Å². The van der Waals surface area contributed by atoms with Gasteiger partial charge in [-0.25, -0.2) is 17.4 Å². The van der Waals surface area contributed by atoms with Gasteiger partial charge in [-0.2, -0.15) is 0 Å². The Morgan fingerprint density at radius 1 is 1.42 bits per heavy atom. The number of halogens is 1. The monoisotopic (exact) mass is 300 g/mol. The molecule has 7 heteroatoms. The van der Waals surface area contributed by atoms with E-state index in [4.69, 9.17) is 16.3 Å². The van der Waals surface area contributed by atoms with Crippen LogP contribution in [0.5, 0.6) is 5.75 Å². The van der Waals surface area contributed by atoms with Crippen molar-refractivity contribution in [3.05, 3.63) is 41.4 Å². The summed E-state index contributed by atoms with van der Waals surface area (Å²) in [6.45, 7) is 1.84. The first-order chi connectivity index (χ1) is 9.00. The van der Waals surface area contributed by atoms with Crippen LogP contribution < -0.4 is 4.74 Å². The van der Waals surface area contributed by atoms with Crippen LogP contribution in [0.1, 0.15) is 12.7 Å². The minimum absolute atomic E-state index is 0.112. The van der Waals surface area contributed by atoms with Gasteiger partial charge in [-0.1, -0.05) is 18.5 Å². The number of hydrogen-bond acceptors (Lipinski definition) is 4. The van der Waals surface area contributed by atoms with Gasteiger partial charge in [0.15, 0.2) is 0 Å². The van der Waals surface area contributed by atoms with Gasteiger partial charge in [-0.05, 0) is 12.1 Å². The van der Waals surface area contributed by atoms with Gasteiger partial charge < -0.3 is 4.74 Å². The molecule has 2 rings (SSSR count). The molecule has 0 bridgehead atoms. The molecule has 2 aromatic rings. The fourth-order valence-corrected chi connectivity index (χ4v) is 3.29. The van der Waals surface area contributed by atoms with Crippen molar-refractivity contribution >= 4 is 21.6 Å². The van der Waals surface area contributed by atoms with Crippen molar-refractivity contribution in [1.82, 2.24) is 8.96 Å². The second kappa shape index (κ2) is 5.22. The largest absolute Gasteiger partial charge is 0.495 e. The minimum Gasteiger partial charge on any atom is -0.495 e. The average molecular weight is 301 g/mol. The molecule has 0 fully saturated rings. The fourth-order valence-electron chi connectivity index (χ4n) is 1.70. The van der Waals surface area contributed by atoms with E-state index in [-0.39, 0.29) is 4.90 Å². The third kappa shape index (κ3) is 2.46. The zero-order valence-electron chi connectivity index (χ0n) is 10.5. The molecule has 0 saturated carbocycles. The molecule has 0 spiro atoms. The van der Waals surface area contributed by atoms with E-state index in [0.29, 0.717) is 23.0 Å². The Labute approximate surface area is 116 Å². The molecule has 19 heavy (non-hydrogen) atoms. The predicted molar refractivity (Wildman–Crippen MR) is 72.2 cm³/mol. The Morgan fingerprint density at radius 2 is 2.16 bits per heavy atom. The van der Waals surface area contributed by atoms with Crippen molar-refractivity contribution in [2.45, 2.75) is 18.2 Å². The van der Waals surface area contributed by atoms with E-state index in [9.17, 15) is 8.42 Å². The topological polar surface area (TPSA) is 61.2 Å². The summed E-state index contributed by atoms with van der Waals surface area (Å²) in [5.41, 5.74) is 0. The molecular weight excluding hydrogens is 288 g/mol. The summed E-state index contributed by atoms with van der Waals surface area (Å²) in [5.74, 6) is 0.801. The lowest BCUT2D eigenvalue weighted by atomic mass is 10.3. The molecule has 0 saturated heterocycles. The maximum Gasteiger partial charge on any atom is 0.269 e. The standard InChI is InChI=1S/C12H13ClN2O3S/c1-3-12-14-6-7-15(12)19(16,17)9-4-5-10(13)11(8-9)18-2/h4-8H,3H2,1-2H3. The smallest absolute Gasteiger partial charge is 0.269 e. The molecule has 0 amide bonds. The Kier molecular flexibility index (Phi) is 3.82. The van der Waals surface area contributed by atoms with Gasteiger partial charge in [0.05, 0.1) is 17.0 Å². The van der Waals surface area contributed by atoms with E-state index in [1.54, 1.807) is 0 Å². The third-order valence-corrected chi connectivity index (χ3v) is 4.69. The lowest BCUT2D eigenvalue weighted by Gasteiger charge is -2.10. The molecule has 0 aliphatic carbocycles. The first kappa shape index (κ1) is 13.9. The van der Waals surface area contributed by atoms with Crippen molar-refractivity contribution in [2.75, 3.05) is 7.11 Å². The van der Waals surface area contributed by atoms with Gasteiger partial charge in [0.2, 0.25) is 0 Å². The van der Waals surface area contributed by atoms with Gasteiger partial charge in [0.25, 0.3) is 10.0 Å². The Balaban J connectivity index is 2.57. The predicted octanol–water partition coefficient (Wildman–Crippen LogP) is 2.34. The molecule has 0 atom stereocenters. The van der Waals surface area contributed by atoms with Crippen molar-refractivity contribution < 1.29 is 13.2 Å². The minimum atomic E-state index is -3.67. The highest BCUT2D eigenvalue weighted by Crippen LogP contribution is 2.28.